The Kier molecular flexibility index (Phi) is 6.43. The molecule has 0 saturated carbocycles. The van der Waals surface area contributed by atoms with E-state index in [2.05, 4.69) is 5.09 Å². The predicted molar refractivity (Wildman–Crippen MR) is 48.3 cm³/mol. The second-order valence-corrected chi connectivity index (χ2v) is 6.61. The molecule has 0 aliphatic heterocycles. The van der Waals surface area contributed by atoms with Crippen LogP contribution in [0.25, 0.3) is 0 Å². The van der Waals surface area contributed by atoms with Gasteiger partial charge in [-0.05, 0) is 0 Å². The van der Waals surface area contributed by atoms with Crippen molar-refractivity contribution in [1.29, 1.82) is 0 Å². The van der Waals surface area contributed by atoms with Crippen LogP contribution in [0.1, 0.15) is 0 Å². The van der Waals surface area contributed by atoms with Crippen molar-refractivity contribution in [2.75, 3.05) is 31.5 Å². The van der Waals surface area contributed by atoms with E-state index in [1.807, 2.05) is 0 Å². The van der Waals surface area contributed by atoms with Gasteiger partial charge < -0.3 is 0 Å². The zero-order valence-electron chi connectivity index (χ0n) is 6.26. The third-order valence-electron chi connectivity index (χ3n) is 1.50. The molecule has 0 amide bonds. The summed E-state index contributed by atoms with van der Waals surface area (Å²) in [7, 11) is -2.41. The number of rotatable bonds is 6. The maximum atomic E-state index is 8.84. The van der Waals surface area contributed by atoms with Crippen molar-refractivity contribution in [2.45, 2.75) is 0 Å². The first kappa shape index (κ1) is 11.6. The summed E-state index contributed by atoms with van der Waals surface area (Å²) in [6.07, 6.45) is -0.509. The van der Waals surface area contributed by atoms with E-state index in [9.17, 15) is 0 Å². The molecule has 0 atom stereocenters. The Labute approximate surface area is 71.6 Å². The predicted octanol–water partition coefficient (Wildman–Crippen LogP) is -0.671. The Bertz CT molecular complexity index is 93.5. The van der Waals surface area contributed by atoms with E-state index in [0.717, 1.165) is 0 Å². The number of alkyl halides is 1. The van der Waals surface area contributed by atoms with Gasteiger partial charge in [0, 0.05) is 0 Å². The van der Waals surface area contributed by atoms with Crippen LogP contribution in [0.2, 0.25) is 0 Å². The Morgan fingerprint density at radius 1 is 1.09 bits per heavy atom. The first-order valence-electron chi connectivity index (χ1n) is 3.38. The van der Waals surface area contributed by atoms with Gasteiger partial charge in [-0.1, -0.05) is 0 Å². The molecule has 0 rings (SSSR count). The van der Waals surface area contributed by atoms with Crippen molar-refractivity contribution in [3.8, 4) is 0 Å². The second kappa shape index (κ2) is 6.12. The fraction of sp³-hybridized carbons (Fsp3) is 1.00. The van der Waals surface area contributed by atoms with E-state index in [1.54, 1.807) is 0 Å². The van der Waals surface area contributed by atoms with Gasteiger partial charge in [0.1, 0.15) is 0 Å². The van der Waals surface area contributed by atoms with Crippen molar-refractivity contribution in [3.63, 3.8) is 0 Å². The number of hydrogen-bond donors (Lipinski definition) is 4. The van der Waals surface area contributed by atoms with Crippen molar-refractivity contribution in [3.05, 3.63) is 0 Å². The molecule has 70 valence electrons. The van der Waals surface area contributed by atoms with Crippen LogP contribution in [0.5, 0.6) is 0 Å². The molecular weight excluding hydrogens is 188 g/mol. The van der Waals surface area contributed by atoms with Gasteiger partial charge in [0.25, 0.3) is 0 Å². The summed E-state index contributed by atoms with van der Waals surface area (Å²) in [6, 6.07) is 0. The van der Waals surface area contributed by atoms with Crippen molar-refractivity contribution in [1.82, 2.24) is 5.09 Å². The van der Waals surface area contributed by atoms with Gasteiger partial charge in [0.2, 0.25) is 0 Å². The van der Waals surface area contributed by atoms with Gasteiger partial charge in [-0.2, -0.15) is 0 Å². The van der Waals surface area contributed by atoms with Crippen LogP contribution in [0, 0.1) is 0 Å². The molecule has 0 spiro atoms. The summed E-state index contributed by atoms with van der Waals surface area (Å²) >= 11 is 5.39. The summed E-state index contributed by atoms with van der Waals surface area (Å²) in [5, 5.41) is 29.4. The van der Waals surface area contributed by atoms with Crippen LogP contribution in [0.3, 0.4) is 0 Å². The first-order valence-corrected chi connectivity index (χ1v) is 6.54. The average Bonchev–Trinajstić information content (AvgIpc) is 2.08. The van der Waals surface area contributed by atoms with E-state index >= 15 is 0 Å². The van der Waals surface area contributed by atoms with E-state index in [1.165, 1.54) is 0 Å². The van der Waals surface area contributed by atoms with Gasteiger partial charge in [-0.25, -0.2) is 0 Å². The summed E-state index contributed by atoms with van der Waals surface area (Å²) in [6.45, 7) is 0.509. The molecule has 4 N–H and O–H groups in total. The van der Waals surface area contributed by atoms with Crippen molar-refractivity contribution >= 4 is 19.0 Å². The molecule has 0 aromatic rings. The molecule has 0 radical (unpaired) electrons. The monoisotopic (exact) mass is 203 g/mol. The molecular formula is C5H15ClNO3P. The zero-order valence-corrected chi connectivity index (χ0v) is 8.01. The molecule has 4 nitrogen and oxygen atoms in total. The summed E-state index contributed by atoms with van der Waals surface area (Å²) in [5.41, 5.74) is 0. The Morgan fingerprint density at radius 2 is 1.55 bits per heavy atom. The van der Waals surface area contributed by atoms with Gasteiger partial charge in [0.05, 0.1) is 0 Å². The zero-order chi connectivity index (χ0) is 8.74. The topological polar surface area (TPSA) is 72.7 Å². The molecule has 0 unspecified atom stereocenters. The molecule has 6 heteroatoms. The third kappa shape index (κ3) is 3.65. The van der Waals surface area contributed by atoms with Crippen LogP contribution >= 0.6 is 19.0 Å². The third-order valence-corrected chi connectivity index (χ3v) is 4.51. The molecule has 0 fully saturated rings. The molecule has 0 saturated heterocycles. The normalized spacial score (nSPS) is 13.5. The minimum absolute atomic E-state index is 0.170. The van der Waals surface area contributed by atoms with Gasteiger partial charge in [-0.15, -0.1) is 0 Å². The van der Waals surface area contributed by atoms with E-state index in [4.69, 9.17) is 26.9 Å². The Balaban J connectivity index is 3.84. The number of aliphatic hydroxyl groups excluding tert-OH is 3. The quantitative estimate of drug-likeness (QED) is 0.341. The van der Waals surface area contributed by atoms with E-state index < -0.39 is 7.41 Å². The standard InChI is InChI=1S/C5H15ClNO3P/c6-1-2-7-11(3-8,4-9)5-10/h7-11H,1-5H2. The molecule has 0 aromatic heterocycles. The molecule has 11 heavy (non-hydrogen) atoms. The Morgan fingerprint density at radius 3 is 1.82 bits per heavy atom. The first-order chi connectivity index (χ1) is 5.24. The minimum atomic E-state index is -2.41. The van der Waals surface area contributed by atoms with E-state index in [0.29, 0.717) is 12.4 Å². The van der Waals surface area contributed by atoms with Gasteiger partial charge in [0.15, 0.2) is 0 Å². The molecule has 0 aromatic carbocycles. The molecule has 0 aliphatic carbocycles. The number of nitrogens with one attached hydrogen (secondary N) is 1. The van der Waals surface area contributed by atoms with Crippen LogP contribution in [-0.4, -0.2) is 46.8 Å². The van der Waals surface area contributed by atoms with Crippen LogP contribution in [-0.2, 0) is 0 Å². The number of halogens is 1. The molecule has 0 bridgehead atoms. The average molecular weight is 204 g/mol. The van der Waals surface area contributed by atoms with Crippen molar-refractivity contribution in [2.24, 2.45) is 0 Å². The fourth-order valence-electron chi connectivity index (χ4n) is 0.630. The van der Waals surface area contributed by atoms with Crippen LogP contribution < -0.4 is 5.09 Å². The fourth-order valence-corrected chi connectivity index (χ4v) is 2.17. The van der Waals surface area contributed by atoms with E-state index in [-0.39, 0.29) is 19.0 Å². The van der Waals surface area contributed by atoms with Crippen LogP contribution in [0.15, 0.2) is 0 Å². The summed E-state index contributed by atoms with van der Waals surface area (Å²) in [5.74, 6) is 0.411. The maximum absolute atomic E-state index is 8.84. The number of aliphatic hydroxyl groups is 3. The van der Waals surface area contributed by atoms with Gasteiger partial charge >= 0.3 is 70.9 Å². The van der Waals surface area contributed by atoms with Crippen molar-refractivity contribution < 1.29 is 15.3 Å². The second-order valence-electron chi connectivity index (χ2n) is 2.37. The molecule has 0 heterocycles. The number of hydrogen-bond acceptors (Lipinski definition) is 4. The summed E-state index contributed by atoms with van der Waals surface area (Å²) in [4.78, 5) is 0. The SMILES string of the molecule is OC[PH](CO)(CO)NCCCl. The molecule has 0 aliphatic rings. The van der Waals surface area contributed by atoms with Crippen LogP contribution in [0.4, 0.5) is 0 Å². The van der Waals surface area contributed by atoms with Gasteiger partial charge in [-0.3, -0.25) is 0 Å². The summed E-state index contributed by atoms with van der Waals surface area (Å²) < 4.78 is 0. The Hall–Kier alpha value is 0.560.